The molecule has 0 spiro atoms. The number of ketones is 1. The van der Waals surface area contributed by atoms with Gasteiger partial charge in [0.25, 0.3) is 11.8 Å². The van der Waals surface area contributed by atoms with Gasteiger partial charge in [0.05, 0.1) is 5.56 Å². The summed E-state index contributed by atoms with van der Waals surface area (Å²) < 4.78 is 26.3. The predicted octanol–water partition coefficient (Wildman–Crippen LogP) is 4.23. The van der Waals surface area contributed by atoms with Crippen molar-refractivity contribution in [3.63, 3.8) is 0 Å². The van der Waals surface area contributed by atoms with Crippen LogP contribution < -0.4 is 5.32 Å². The Labute approximate surface area is 190 Å². The van der Waals surface area contributed by atoms with Crippen molar-refractivity contribution >= 4 is 17.6 Å². The van der Waals surface area contributed by atoms with Crippen molar-refractivity contribution in [3.8, 4) is 0 Å². The Hall–Kier alpha value is -3.87. The van der Waals surface area contributed by atoms with E-state index < -0.39 is 11.6 Å². The van der Waals surface area contributed by atoms with Gasteiger partial charge in [0.2, 0.25) is 0 Å². The van der Waals surface area contributed by atoms with Crippen molar-refractivity contribution in [1.82, 2.24) is 10.2 Å². The van der Waals surface area contributed by atoms with E-state index in [0.29, 0.717) is 42.6 Å². The van der Waals surface area contributed by atoms with Crippen molar-refractivity contribution in [3.05, 3.63) is 107 Å². The fourth-order valence-electron chi connectivity index (χ4n) is 3.89. The van der Waals surface area contributed by atoms with E-state index in [1.807, 2.05) is 0 Å². The average molecular weight is 448 g/mol. The summed E-state index contributed by atoms with van der Waals surface area (Å²) in [5, 5.41) is 2.93. The fraction of sp³-hybridized carbons (Fsp3) is 0.192. The Morgan fingerprint density at radius 3 is 1.82 bits per heavy atom. The molecular weight excluding hydrogens is 426 g/mol. The van der Waals surface area contributed by atoms with Crippen LogP contribution in [0.5, 0.6) is 0 Å². The molecule has 168 valence electrons. The highest BCUT2D eigenvalue weighted by Crippen LogP contribution is 2.20. The molecule has 3 aromatic carbocycles. The molecule has 1 heterocycles. The Kier molecular flexibility index (Phi) is 6.58. The van der Waals surface area contributed by atoms with Crippen LogP contribution in [0.1, 0.15) is 49.5 Å². The van der Waals surface area contributed by atoms with E-state index in [1.165, 1.54) is 48.5 Å². The van der Waals surface area contributed by atoms with E-state index in [2.05, 4.69) is 5.32 Å². The zero-order valence-corrected chi connectivity index (χ0v) is 17.8. The minimum absolute atomic E-state index is 0.109. The van der Waals surface area contributed by atoms with Gasteiger partial charge in [0.1, 0.15) is 11.6 Å². The van der Waals surface area contributed by atoms with Gasteiger partial charge in [-0.15, -0.1) is 0 Å². The van der Waals surface area contributed by atoms with Crippen LogP contribution >= 0.6 is 0 Å². The first-order valence-corrected chi connectivity index (χ1v) is 10.7. The number of carbonyl (C=O) groups is 3. The van der Waals surface area contributed by atoms with Gasteiger partial charge in [-0.1, -0.05) is 18.2 Å². The van der Waals surface area contributed by atoms with Crippen molar-refractivity contribution in [2.45, 2.75) is 18.9 Å². The molecule has 0 bridgehead atoms. The van der Waals surface area contributed by atoms with Crippen LogP contribution in [0.2, 0.25) is 0 Å². The topological polar surface area (TPSA) is 66.5 Å². The van der Waals surface area contributed by atoms with Crippen LogP contribution in [0.25, 0.3) is 0 Å². The molecule has 1 aliphatic rings. The summed E-state index contributed by atoms with van der Waals surface area (Å²) in [7, 11) is 0. The van der Waals surface area contributed by atoms with E-state index in [0.717, 1.165) is 0 Å². The monoisotopic (exact) mass is 448 g/mol. The number of hydrogen-bond acceptors (Lipinski definition) is 3. The maximum Gasteiger partial charge on any atom is 0.254 e. The zero-order valence-electron chi connectivity index (χ0n) is 17.8. The number of hydrogen-bond donors (Lipinski definition) is 1. The summed E-state index contributed by atoms with van der Waals surface area (Å²) >= 11 is 0. The van der Waals surface area contributed by atoms with Gasteiger partial charge in [-0.05, 0) is 67.4 Å². The second-order valence-electron chi connectivity index (χ2n) is 7.93. The number of carbonyl (C=O) groups excluding carboxylic acids is 3. The van der Waals surface area contributed by atoms with Gasteiger partial charge in [0, 0.05) is 35.8 Å². The molecule has 0 saturated carbocycles. The lowest BCUT2D eigenvalue weighted by molar-refractivity contribution is 0.0694. The van der Waals surface area contributed by atoms with Crippen LogP contribution in [0.15, 0.2) is 72.8 Å². The normalized spacial score (nSPS) is 14.1. The molecule has 0 aromatic heterocycles. The van der Waals surface area contributed by atoms with Crippen molar-refractivity contribution in [2.24, 2.45) is 0 Å². The number of amides is 2. The molecule has 1 fully saturated rings. The van der Waals surface area contributed by atoms with Gasteiger partial charge >= 0.3 is 0 Å². The van der Waals surface area contributed by atoms with Crippen molar-refractivity contribution < 1.29 is 23.2 Å². The highest BCUT2D eigenvalue weighted by molar-refractivity contribution is 6.15. The minimum atomic E-state index is -0.440. The molecule has 0 atom stereocenters. The summed E-state index contributed by atoms with van der Waals surface area (Å²) in [5.74, 6) is -1.73. The Morgan fingerprint density at radius 2 is 1.24 bits per heavy atom. The Bertz CT molecular complexity index is 1170. The molecule has 5 nitrogen and oxygen atoms in total. The van der Waals surface area contributed by atoms with Crippen molar-refractivity contribution in [2.75, 3.05) is 13.1 Å². The molecule has 7 heteroatoms. The average Bonchev–Trinajstić information content (AvgIpc) is 2.84. The van der Waals surface area contributed by atoms with Crippen LogP contribution in [0.4, 0.5) is 8.78 Å². The molecular formula is C26H22F2N2O3. The smallest absolute Gasteiger partial charge is 0.254 e. The summed E-state index contributed by atoms with van der Waals surface area (Å²) in [5.41, 5.74) is 1.24. The van der Waals surface area contributed by atoms with Crippen LogP contribution in [-0.4, -0.2) is 41.6 Å². The van der Waals surface area contributed by atoms with E-state index in [1.54, 1.807) is 29.2 Å². The van der Waals surface area contributed by atoms with Gasteiger partial charge in [0.15, 0.2) is 5.78 Å². The number of halogens is 2. The van der Waals surface area contributed by atoms with E-state index in [-0.39, 0.29) is 29.2 Å². The molecule has 1 aliphatic heterocycles. The first-order valence-electron chi connectivity index (χ1n) is 10.7. The maximum atomic E-state index is 13.2. The molecule has 1 saturated heterocycles. The van der Waals surface area contributed by atoms with E-state index >= 15 is 0 Å². The minimum Gasteiger partial charge on any atom is -0.349 e. The first-order chi connectivity index (χ1) is 15.9. The summed E-state index contributed by atoms with van der Waals surface area (Å²) in [4.78, 5) is 40.1. The third-order valence-electron chi connectivity index (χ3n) is 5.73. The number of rotatable bonds is 5. The van der Waals surface area contributed by atoms with Crippen molar-refractivity contribution in [1.29, 1.82) is 0 Å². The zero-order chi connectivity index (χ0) is 23.4. The lowest BCUT2D eigenvalue weighted by atomic mass is 9.96. The highest BCUT2D eigenvalue weighted by Gasteiger charge is 2.27. The van der Waals surface area contributed by atoms with Gasteiger partial charge in [-0.25, -0.2) is 8.78 Å². The SMILES string of the molecule is O=C(NC1CCN(C(=O)c2ccccc2C(=O)c2ccc(F)cc2)CC1)c1ccc(F)cc1. The molecule has 0 aliphatic carbocycles. The lowest BCUT2D eigenvalue weighted by Gasteiger charge is -2.32. The first kappa shape index (κ1) is 22.3. The summed E-state index contributed by atoms with van der Waals surface area (Å²) in [6.45, 7) is 0.846. The Morgan fingerprint density at radius 1 is 0.727 bits per heavy atom. The maximum absolute atomic E-state index is 13.2. The van der Waals surface area contributed by atoms with Gasteiger partial charge in [-0.2, -0.15) is 0 Å². The van der Waals surface area contributed by atoms with Crippen LogP contribution in [0, 0.1) is 11.6 Å². The van der Waals surface area contributed by atoms with Gasteiger partial charge < -0.3 is 10.2 Å². The molecule has 3 aromatic rings. The van der Waals surface area contributed by atoms with Gasteiger partial charge in [-0.3, -0.25) is 14.4 Å². The predicted molar refractivity (Wildman–Crippen MR) is 119 cm³/mol. The number of nitrogens with zero attached hydrogens (tertiary/aromatic N) is 1. The molecule has 0 radical (unpaired) electrons. The van der Waals surface area contributed by atoms with E-state index in [4.69, 9.17) is 0 Å². The largest absolute Gasteiger partial charge is 0.349 e. The number of likely N-dealkylation sites (tertiary alicyclic amines) is 1. The molecule has 33 heavy (non-hydrogen) atoms. The third kappa shape index (κ3) is 5.14. The summed E-state index contributed by atoms with van der Waals surface area (Å²) in [6, 6.07) is 17.0. The lowest BCUT2D eigenvalue weighted by Crippen LogP contribution is -2.46. The number of piperidine rings is 1. The van der Waals surface area contributed by atoms with Crippen LogP contribution in [0.3, 0.4) is 0 Å². The molecule has 4 rings (SSSR count). The second kappa shape index (κ2) is 9.73. The van der Waals surface area contributed by atoms with E-state index in [9.17, 15) is 23.2 Å². The highest BCUT2D eigenvalue weighted by atomic mass is 19.1. The molecule has 0 unspecified atom stereocenters. The standard InChI is InChI=1S/C26H22F2N2O3/c27-19-9-5-17(6-10-19)24(31)22-3-1-2-4-23(22)26(33)30-15-13-21(14-16-30)29-25(32)18-7-11-20(28)12-8-18/h1-12,21H,13-16H2,(H,29,32). The fourth-order valence-corrected chi connectivity index (χ4v) is 3.89. The van der Waals surface area contributed by atoms with Crippen LogP contribution in [-0.2, 0) is 0 Å². The number of benzene rings is 3. The second-order valence-corrected chi connectivity index (χ2v) is 7.93. The summed E-state index contributed by atoms with van der Waals surface area (Å²) in [6.07, 6.45) is 1.12. The molecule has 1 N–H and O–H groups in total. The Balaban J connectivity index is 1.41. The third-order valence-corrected chi connectivity index (χ3v) is 5.73. The quantitative estimate of drug-likeness (QED) is 0.594. The number of nitrogens with one attached hydrogen (secondary N) is 1. The molecule has 2 amide bonds.